The maximum absolute atomic E-state index is 10.7. The maximum Gasteiger partial charge on any atom is 0.365 e. The Morgan fingerprint density at radius 1 is 1.61 bits per heavy atom. The topological polar surface area (TPSA) is 80.0 Å². The van der Waals surface area contributed by atoms with Crippen molar-refractivity contribution >= 4 is 17.3 Å². The van der Waals surface area contributed by atoms with E-state index in [4.69, 9.17) is 5.11 Å². The van der Waals surface area contributed by atoms with Gasteiger partial charge in [0.15, 0.2) is 0 Å². The number of carboxylic acid groups (broad SMARTS) is 1. The minimum atomic E-state index is -0.973. The smallest absolute Gasteiger partial charge is 0.365 e. The largest absolute Gasteiger partial charge is 0.476 e. The molecule has 0 spiro atoms. The highest BCUT2D eigenvalue weighted by atomic mass is 32.1. The van der Waals surface area contributed by atoms with E-state index in [0.717, 1.165) is 35.8 Å². The summed E-state index contributed by atoms with van der Waals surface area (Å²) >= 11 is 1.15. The quantitative estimate of drug-likeness (QED) is 0.760. The van der Waals surface area contributed by atoms with Crippen molar-refractivity contribution in [3.05, 3.63) is 34.3 Å². The zero-order valence-corrected chi connectivity index (χ0v) is 10.8. The van der Waals surface area contributed by atoms with Crippen molar-refractivity contribution < 1.29 is 9.90 Å². The summed E-state index contributed by atoms with van der Waals surface area (Å²) in [7, 11) is 1.96. The van der Waals surface area contributed by atoms with Gasteiger partial charge in [-0.25, -0.2) is 14.8 Å². The van der Waals surface area contributed by atoms with E-state index in [1.54, 1.807) is 11.6 Å². The Kier molecular flexibility index (Phi) is 4.06. The first-order chi connectivity index (χ1) is 8.66. The molecular formula is C11H14N4O2S. The molecule has 0 aromatic carbocycles. The summed E-state index contributed by atoms with van der Waals surface area (Å²) in [5, 5.41) is 13.9. The van der Waals surface area contributed by atoms with E-state index in [9.17, 15) is 4.79 Å². The van der Waals surface area contributed by atoms with E-state index in [0.29, 0.717) is 6.54 Å². The Hall–Kier alpha value is -1.73. The number of carbonyl (C=O) groups is 1. The van der Waals surface area contributed by atoms with Crippen molar-refractivity contribution in [3.63, 3.8) is 0 Å². The van der Waals surface area contributed by atoms with Crippen molar-refractivity contribution in [2.24, 2.45) is 7.05 Å². The van der Waals surface area contributed by atoms with Crippen LogP contribution in [0.3, 0.4) is 0 Å². The molecule has 0 bridgehead atoms. The van der Waals surface area contributed by atoms with Crippen LogP contribution in [-0.2, 0) is 20.0 Å². The fourth-order valence-corrected chi connectivity index (χ4v) is 2.19. The third kappa shape index (κ3) is 3.14. The molecule has 2 rings (SSSR count). The summed E-state index contributed by atoms with van der Waals surface area (Å²) in [6, 6.07) is 0. The molecule has 96 valence electrons. The molecule has 0 radical (unpaired) electrons. The van der Waals surface area contributed by atoms with E-state index in [-0.39, 0.29) is 5.01 Å². The van der Waals surface area contributed by atoms with E-state index in [1.165, 1.54) is 0 Å². The van der Waals surface area contributed by atoms with Crippen LogP contribution in [0.2, 0.25) is 0 Å². The minimum Gasteiger partial charge on any atom is -0.476 e. The van der Waals surface area contributed by atoms with E-state index in [1.807, 2.05) is 17.8 Å². The standard InChI is InChI=1S/C11H14N4O2S/c1-15-5-4-13-9(15)2-3-12-6-8-7-18-10(14-8)11(16)17/h4-5,7,12H,2-3,6H2,1H3,(H,16,17). The first kappa shape index (κ1) is 12.7. The van der Waals surface area contributed by atoms with Crippen LogP contribution in [0, 0.1) is 0 Å². The van der Waals surface area contributed by atoms with Gasteiger partial charge in [0.25, 0.3) is 0 Å². The van der Waals surface area contributed by atoms with Crippen LogP contribution < -0.4 is 5.32 Å². The number of nitrogens with zero attached hydrogens (tertiary/aromatic N) is 3. The predicted octanol–water partition coefficient (Wildman–Crippen LogP) is 0.907. The molecule has 2 N–H and O–H groups in total. The van der Waals surface area contributed by atoms with E-state index in [2.05, 4.69) is 15.3 Å². The minimum absolute atomic E-state index is 0.135. The molecule has 0 amide bonds. The first-order valence-corrected chi connectivity index (χ1v) is 6.39. The summed E-state index contributed by atoms with van der Waals surface area (Å²) in [6.07, 6.45) is 4.52. The fraction of sp³-hybridized carbons (Fsp3) is 0.364. The molecule has 0 aliphatic heterocycles. The lowest BCUT2D eigenvalue weighted by Crippen LogP contribution is -2.18. The van der Waals surface area contributed by atoms with Crippen LogP contribution in [0.25, 0.3) is 0 Å². The van der Waals surface area contributed by atoms with Crippen LogP contribution in [0.5, 0.6) is 0 Å². The van der Waals surface area contributed by atoms with Gasteiger partial charge in [-0.3, -0.25) is 0 Å². The molecule has 0 unspecified atom stereocenters. The summed E-state index contributed by atoms with van der Waals surface area (Å²) in [5.74, 6) is 0.0475. The van der Waals surface area contributed by atoms with Gasteiger partial charge in [-0.2, -0.15) is 0 Å². The van der Waals surface area contributed by atoms with Crippen LogP contribution in [0.1, 0.15) is 21.3 Å². The Bertz CT molecular complexity index is 535. The van der Waals surface area contributed by atoms with Gasteiger partial charge < -0.3 is 15.0 Å². The highest BCUT2D eigenvalue weighted by molar-refractivity contribution is 7.11. The predicted molar refractivity (Wildman–Crippen MR) is 67.7 cm³/mol. The van der Waals surface area contributed by atoms with Gasteiger partial charge in [0, 0.05) is 44.3 Å². The zero-order valence-electron chi connectivity index (χ0n) is 9.96. The third-order valence-electron chi connectivity index (χ3n) is 2.49. The van der Waals surface area contributed by atoms with Gasteiger partial charge in [0.2, 0.25) is 5.01 Å². The second-order valence-electron chi connectivity index (χ2n) is 3.83. The van der Waals surface area contributed by atoms with Gasteiger partial charge >= 0.3 is 5.97 Å². The lowest BCUT2D eigenvalue weighted by atomic mass is 10.4. The molecule has 0 saturated carbocycles. The molecule has 0 fully saturated rings. The van der Waals surface area contributed by atoms with Gasteiger partial charge in [0.05, 0.1) is 5.69 Å². The Morgan fingerprint density at radius 2 is 2.44 bits per heavy atom. The van der Waals surface area contributed by atoms with Crippen LogP contribution in [0.4, 0.5) is 0 Å². The SMILES string of the molecule is Cn1ccnc1CCNCc1csc(C(=O)O)n1. The fourth-order valence-electron chi connectivity index (χ4n) is 1.54. The number of aromatic nitrogens is 3. The molecule has 7 heteroatoms. The Morgan fingerprint density at radius 3 is 3.06 bits per heavy atom. The summed E-state index contributed by atoms with van der Waals surface area (Å²) in [6.45, 7) is 1.36. The number of nitrogens with one attached hydrogen (secondary N) is 1. The Labute approximate surface area is 108 Å². The van der Waals surface area contributed by atoms with Gasteiger partial charge in [-0.05, 0) is 0 Å². The highest BCUT2D eigenvalue weighted by Crippen LogP contribution is 2.09. The lowest BCUT2D eigenvalue weighted by molar-refractivity contribution is 0.0696. The Balaban J connectivity index is 1.75. The number of hydrogen-bond donors (Lipinski definition) is 2. The zero-order chi connectivity index (χ0) is 13.0. The summed E-state index contributed by atoms with van der Waals surface area (Å²) in [4.78, 5) is 18.9. The number of aryl methyl sites for hydroxylation is 1. The van der Waals surface area contributed by atoms with Gasteiger partial charge in [-0.1, -0.05) is 0 Å². The summed E-state index contributed by atoms with van der Waals surface area (Å²) in [5.41, 5.74) is 0.761. The number of imidazole rings is 1. The molecule has 2 aromatic heterocycles. The number of hydrogen-bond acceptors (Lipinski definition) is 5. The van der Waals surface area contributed by atoms with Crippen LogP contribution >= 0.6 is 11.3 Å². The molecule has 0 aliphatic rings. The number of thiazole rings is 1. The first-order valence-electron chi connectivity index (χ1n) is 5.51. The van der Waals surface area contributed by atoms with Crippen molar-refractivity contribution in [1.82, 2.24) is 19.9 Å². The molecule has 0 aliphatic carbocycles. The average molecular weight is 266 g/mol. The molecule has 0 atom stereocenters. The molecule has 2 aromatic rings. The maximum atomic E-state index is 10.7. The van der Waals surface area contributed by atoms with Crippen molar-refractivity contribution in [1.29, 1.82) is 0 Å². The van der Waals surface area contributed by atoms with Crippen LogP contribution in [0.15, 0.2) is 17.8 Å². The number of aromatic carboxylic acids is 1. The average Bonchev–Trinajstić information content (AvgIpc) is 2.94. The monoisotopic (exact) mass is 266 g/mol. The highest BCUT2D eigenvalue weighted by Gasteiger charge is 2.08. The third-order valence-corrected chi connectivity index (χ3v) is 3.37. The number of rotatable bonds is 6. The molecule has 18 heavy (non-hydrogen) atoms. The van der Waals surface area contributed by atoms with E-state index < -0.39 is 5.97 Å². The van der Waals surface area contributed by atoms with Crippen molar-refractivity contribution in [3.8, 4) is 0 Å². The molecule has 0 saturated heterocycles. The normalized spacial score (nSPS) is 10.7. The molecule has 6 nitrogen and oxygen atoms in total. The van der Waals surface area contributed by atoms with Crippen molar-refractivity contribution in [2.75, 3.05) is 6.54 Å². The molecular weight excluding hydrogens is 252 g/mol. The lowest BCUT2D eigenvalue weighted by Gasteiger charge is -2.03. The second-order valence-corrected chi connectivity index (χ2v) is 4.69. The van der Waals surface area contributed by atoms with E-state index >= 15 is 0 Å². The van der Waals surface area contributed by atoms with Gasteiger partial charge in [-0.15, -0.1) is 11.3 Å². The molecule has 2 heterocycles. The second kappa shape index (κ2) is 5.74. The van der Waals surface area contributed by atoms with Crippen LogP contribution in [-0.4, -0.2) is 32.2 Å². The summed E-state index contributed by atoms with van der Waals surface area (Å²) < 4.78 is 1.98. The van der Waals surface area contributed by atoms with Gasteiger partial charge in [0.1, 0.15) is 5.82 Å². The number of carboxylic acids is 1. The van der Waals surface area contributed by atoms with Crippen molar-refractivity contribution in [2.45, 2.75) is 13.0 Å².